The third-order valence-electron chi connectivity index (χ3n) is 4.42. The lowest BCUT2D eigenvalue weighted by Gasteiger charge is -2.20. The number of carbonyl (C=O) groups is 3. The number of carbonyl (C=O) groups excluding carboxylic acids is 3. The number of hydrogen-bond acceptors (Lipinski definition) is 8. The summed E-state index contributed by atoms with van der Waals surface area (Å²) in [5.41, 5.74) is 0.439. The van der Waals surface area contributed by atoms with Crippen LogP contribution in [0.25, 0.3) is 0 Å². The zero-order chi connectivity index (χ0) is 23.5. The average Bonchev–Trinajstić information content (AvgIpc) is 2.75. The van der Waals surface area contributed by atoms with Gasteiger partial charge in [-0.25, -0.2) is 8.42 Å². The van der Waals surface area contributed by atoms with Crippen LogP contribution in [0, 0.1) is 0 Å². The normalized spacial score (nSPS) is 15.0. The van der Waals surface area contributed by atoms with Gasteiger partial charge in [0.1, 0.15) is 11.8 Å². The summed E-state index contributed by atoms with van der Waals surface area (Å²) in [6.07, 6.45) is -1.45. The molecule has 0 spiro atoms. The summed E-state index contributed by atoms with van der Waals surface area (Å²) in [6.45, 7) is 0.354. The van der Waals surface area contributed by atoms with Crippen LogP contribution < -0.4 is 14.8 Å². The number of amides is 1. The summed E-state index contributed by atoms with van der Waals surface area (Å²) < 4.78 is 37.2. The number of hydrogen-bond donors (Lipinski definition) is 3. The fraction of sp³-hybridized carbons (Fsp3) is 0.250. The van der Waals surface area contributed by atoms with Crippen LogP contribution in [0.15, 0.2) is 47.4 Å². The van der Waals surface area contributed by atoms with E-state index in [-0.39, 0.29) is 23.0 Å². The van der Waals surface area contributed by atoms with E-state index in [9.17, 15) is 27.9 Å². The van der Waals surface area contributed by atoms with Crippen molar-refractivity contribution in [1.29, 1.82) is 0 Å². The minimum absolute atomic E-state index is 0.134. The molecule has 3 N–H and O–H groups in total. The number of aliphatic hydroxyl groups is 1. The monoisotopic (exact) mass is 482 g/mol. The van der Waals surface area contributed by atoms with Gasteiger partial charge in [0.2, 0.25) is 10.0 Å². The molecule has 1 heterocycles. The molecule has 32 heavy (non-hydrogen) atoms. The first-order valence-corrected chi connectivity index (χ1v) is 11.2. The lowest BCUT2D eigenvalue weighted by Crippen LogP contribution is -2.48. The lowest BCUT2D eigenvalue weighted by atomic mass is 10.1. The van der Waals surface area contributed by atoms with Gasteiger partial charge >= 0.3 is 5.97 Å². The average molecular weight is 483 g/mol. The van der Waals surface area contributed by atoms with Gasteiger partial charge in [-0.15, -0.1) is 0 Å². The molecule has 3 rings (SSSR count). The van der Waals surface area contributed by atoms with Crippen LogP contribution in [0.3, 0.4) is 0 Å². The molecule has 0 bridgehead atoms. The number of aliphatic hydroxyl groups excluding tert-OH is 1. The van der Waals surface area contributed by atoms with Crippen molar-refractivity contribution in [2.75, 3.05) is 18.5 Å². The van der Waals surface area contributed by atoms with E-state index in [0.717, 1.165) is 0 Å². The molecule has 0 radical (unpaired) electrons. The Morgan fingerprint density at radius 1 is 1.25 bits per heavy atom. The van der Waals surface area contributed by atoms with E-state index in [2.05, 4.69) is 10.0 Å². The third kappa shape index (κ3) is 5.62. The van der Waals surface area contributed by atoms with Crippen molar-refractivity contribution in [2.45, 2.75) is 24.0 Å². The van der Waals surface area contributed by atoms with E-state index >= 15 is 0 Å². The van der Waals surface area contributed by atoms with Crippen molar-refractivity contribution in [2.24, 2.45) is 0 Å². The van der Waals surface area contributed by atoms with Gasteiger partial charge in [-0.05, 0) is 49.4 Å². The van der Waals surface area contributed by atoms with Gasteiger partial charge in [0.15, 0.2) is 19.0 Å². The predicted octanol–water partition coefficient (Wildman–Crippen LogP) is 1.12. The van der Waals surface area contributed by atoms with Crippen LogP contribution in [0.2, 0.25) is 5.02 Å². The van der Waals surface area contributed by atoms with Gasteiger partial charge in [-0.1, -0.05) is 11.6 Å². The molecule has 1 aliphatic heterocycles. The van der Waals surface area contributed by atoms with E-state index in [4.69, 9.17) is 21.1 Å². The number of rotatable bonds is 8. The number of benzene rings is 2. The van der Waals surface area contributed by atoms with Crippen molar-refractivity contribution in [3.05, 3.63) is 53.1 Å². The maximum Gasteiger partial charge on any atom is 0.327 e. The molecule has 0 aromatic heterocycles. The molecule has 0 saturated carbocycles. The molecular weight excluding hydrogens is 464 g/mol. The van der Waals surface area contributed by atoms with Crippen molar-refractivity contribution in [3.63, 3.8) is 0 Å². The van der Waals surface area contributed by atoms with Crippen LogP contribution in [-0.4, -0.2) is 56.5 Å². The number of anilines is 1. The van der Waals surface area contributed by atoms with Crippen molar-refractivity contribution >= 4 is 45.0 Å². The van der Waals surface area contributed by atoms with Crippen LogP contribution in [0.5, 0.6) is 5.75 Å². The van der Waals surface area contributed by atoms with Crippen LogP contribution in [0.1, 0.15) is 17.3 Å². The second kappa shape index (κ2) is 9.65. The fourth-order valence-corrected chi connectivity index (χ4v) is 4.14. The van der Waals surface area contributed by atoms with Crippen molar-refractivity contribution < 1.29 is 37.4 Å². The number of nitrogens with one attached hydrogen (secondary N) is 2. The molecule has 170 valence electrons. The second-order valence-electron chi connectivity index (χ2n) is 6.87. The molecule has 0 unspecified atom stereocenters. The highest BCUT2D eigenvalue weighted by Gasteiger charge is 2.31. The summed E-state index contributed by atoms with van der Waals surface area (Å²) >= 11 is 5.75. The van der Waals surface area contributed by atoms with E-state index in [1.54, 1.807) is 0 Å². The molecule has 2 aromatic carbocycles. The highest BCUT2D eigenvalue weighted by Crippen LogP contribution is 2.28. The Bertz CT molecular complexity index is 1150. The zero-order valence-electron chi connectivity index (χ0n) is 16.7. The lowest BCUT2D eigenvalue weighted by molar-refractivity contribution is -0.147. The molecule has 0 fully saturated rings. The molecule has 1 amide bonds. The summed E-state index contributed by atoms with van der Waals surface area (Å²) in [7, 11) is -4.18. The molecule has 0 aliphatic carbocycles. The van der Waals surface area contributed by atoms with Gasteiger partial charge in [-0.2, -0.15) is 4.72 Å². The van der Waals surface area contributed by atoms with Crippen LogP contribution >= 0.6 is 11.6 Å². The van der Waals surface area contributed by atoms with Gasteiger partial charge in [-0.3, -0.25) is 14.4 Å². The van der Waals surface area contributed by atoms with E-state index < -0.39 is 40.5 Å². The van der Waals surface area contributed by atoms with Gasteiger partial charge in [0.25, 0.3) is 5.91 Å². The topological polar surface area (TPSA) is 148 Å². The first-order valence-electron chi connectivity index (χ1n) is 9.29. The van der Waals surface area contributed by atoms with Gasteiger partial charge in [0.05, 0.1) is 16.7 Å². The third-order valence-corrected chi connectivity index (χ3v) is 6.13. The Hall–Kier alpha value is -2.99. The second-order valence-corrected chi connectivity index (χ2v) is 9.02. The smallest absolute Gasteiger partial charge is 0.327 e. The zero-order valence-corrected chi connectivity index (χ0v) is 18.3. The minimum atomic E-state index is -4.18. The summed E-state index contributed by atoms with van der Waals surface area (Å²) in [4.78, 5) is 36.0. The molecule has 2 atom stereocenters. The van der Waals surface area contributed by atoms with Crippen LogP contribution in [-0.2, 0) is 24.3 Å². The molecule has 1 aliphatic rings. The minimum Gasteiger partial charge on any atom is -0.482 e. The van der Waals surface area contributed by atoms with E-state index in [1.807, 2.05) is 0 Å². The Kier molecular flexibility index (Phi) is 7.14. The largest absolute Gasteiger partial charge is 0.482 e. The Morgan fingerprint density at radius 2 is 1.94 bits per heavy atom. The van der Waals surface area contributed by atoms with Crippen molar-refractivity contribution in [1.82, 2.24) is 4.72 Å². The SMILES string of the molecule is C[C@@H](O)[C@H](NS(=O)(=O)c1ccc(Cl)cc1)C(=O)OCC(=O)c1ccc2c(c1)NC(=O)CO2. The van der Waals surface area contributed by atoms with E-state index in [1.165, 1.54) is 49.4 Å². The molecule has 0 saturated heterocycles. The Balaban J connectivity index is 1.66. The van der Waals surface area contributed by atoms with E-state index in [0.29, 0.717) is 16.5 Å². The van der Waals surface area contributed by atoms with Gasteiger partial charge in [0, 0.05) is 10.6 Å². The summed E-state index contributed by atoms with van der Waals surface area (Å²) in [5, 5.41) is 12.8. The highest BCUT2D eigenvalue weighted by molar-refractivity contribution is 7.89. The first-order chi connectivity index (χ1) is 15.1. The number of fused-ring (bicyclic) bond motifs is 1. The molecule has 12 heteroatoms. The highest BCUT2D eigenvalue weighted by atomic mass is 35.5. The van der Waals surface area contributed by atoms with Crippen molar-refractivity contribution in [3.8, 4) is 5.75 Å². The standard InChI is InChI=1S/C20H19ClN2O8S/c1-11(24)19(23-32(28,29)14-5-3-13(21)4-6-14)20(27)31-9-16(25)12-2-7-17-15(8-12)22-18(26)10-30-17/h2-8,11,19,23-24H,9-10H2,1H3,(H,22,26)/t11-,19+/m1/s1. The number of Topliss-reactive ketones (excluding diaryl/α,β-unsaturated/α-hetero) is 1. The van der Waals surface area contributed by atoms with Crippen LogP contribution in [0.4, 0.5) is 5.69 Å². The maximum absolute atomic E-state index is 12.5. The Morgan fingerprint density at radius 3 is 2.59 bits per heavy atom. The number of sulfonamides is 1. The molecular formula is C20H19ClN2O8S. The number of ketones is 1. The number of esters is 1. The molecule has 10 nitrogen and oxygen atoms in total. The Labute approximate surface area is 188 Å². The summed E-state index contributed by atoms with van der Waals surface area (Å²) in [6, 6.07) is 7.82. The maximum atomic E-state index is 12.5. The fourth-order valence-electron chi connectivity index (χ4n) is 2.76. The summed E-state index contributed by atoms with van der Waals surface area (Å²) in [5.74, 6) is -1.73. The number of halogens is 1. The quantitative estimate of drug-likeness (QED) is 0.374. The predicted molar refractivity (Wildman–Crippen MR) is 113 cm³/mol. The van der Waals surface area contributed by atoms with Gasteiger partial charge < -0.3 is 19.9 Å². The first kappa shape index (κ1) is 23.7. The number of ether oxygens (including phenoxy) is 2. The molecule has 2 aromatic rings.